The number of aliphatic carboxylic acids is 1. The number of anilines is 1. The van der Waals surface area contributed by atoms with Crippen LogP contribution in [0.3, 0.4) is 0 Å². The number of benzene rings is 2. The SMILES string of the molecule is O=C(O)CCC1CCCN(CC(=O)Nc2ccc(Oc3ccccc3)cc2)C1. The van der Waals surface area contributed by atoms with Gasteiger partial charge in [0.05, 0.1) is 6.54 Å². The molecule has 1 fully saturated rings. The Morgan fingerprint density at radius 2 is 1.79 bits per heavy atom. The van der Waals surface area contributed by atoms with Crippen LogP contribution in [-0.2, 0) is 9.59 Å². The smallest absolute Gasteiger partial charge is 0.303 e. The lowest BCUT2D eigenvalue weighted by atomic mass is 9.93. The fourth-order valence-electron chi connectivity index (χ4n) is 3.49. The minimum atomic E-state index is -0.755. The summed E-state index contributed by atoms with van der Waals surface area (Å²) >= 11 is 0. The standard InChI is InChI=1S/C22H26N2O4/c25-21(16-24-14-4-5-17(15-24)8-13-22(26)27)23-18-9-11-20(12-10-18)28-19-6-2-1-3-7-19/h1-3,6-7,9-12,17H,4-5,8,13-16H2,(H,23,25)(H,26,27). The lowest BCUT2D eigenvalue weighted by molar-refractivity contribution is -0.137. The van der Waals surface area contributed by atoms with Gasteiger partial charge in [0.1, 0.15) is 11.5 Å². The molecule has 148 valence electrons. The lowest BCUT2D eigenvalue weighted by Crippen LogP contribution is -2.40. The quantitative estimate of drug-likeness (QED) is 0.722. The summed E-state index contributed by atoms with van der Waals surface area (Å²) in [6.07, 6.45) is 2.91. The Morgan fingerprint density at radius 1 is 1.07 bits per heavy atom. The van der Waals surface area contributed by atoms with E-state index in [1.54, 1.807) is 0 Å². The number of nitrogens with zero attached hydrogens (tertiary/aromatic N) is 1. The van der Waals surface area contributed by atoms with Crippen molar-refractivity contribution >= 4 is 17.6 Å². The molecule has 6 nitrogen and oxygen atoms in total. The first kappa shape index (κ1) is 19.9. The van der Waals surface area contributed by atoms with Crippen LogP contribution in [0, 0.1) is 5.92 Å². The van der Waals surface area contributed by atoms with Crippen LogP contribution in [0.4, 0.5) is 5.69 Å². The Labute approximate surface area is 165 Å². The van der Waals surface area contributed by atoms with Gasteiger partial charge < -0.3 is 15.2 Å². The highest BCUT2D eigenvalue weighted by Gasteiger charge is 2.22. The number of carbonyl (C=O) groups excluding carboxylic acids is 1. The molecule has 0 aliphatic carbocycles. The monoisotopic (exact) mass is 382 g/mol. The second-order valence-corrected chi connectivity index (χ2v) is 7.16. The van der Waals surface area contributed by atoms with Crippen LogP contribution in [0.2, 0.25) is 0 Å². The van der Waals surface area contributed by atoms with E-state index in [2.05, 4.69) is 10.2 Å². The summed E-state index contributed by atoms with van der Waals surface area (Å²) in [5, 5.41) is 11.8. The molecule has 0 aromatic heterocycles. The molecule has 0 bridgehead atoms. The van der Waals surface area contributed by atoms with Crippen molar-refractivity contribution < 1.29 is 19.4 Å². The van der Waals surface area contributed by atoms with Crippen molar-refractivity contribution in [2.24, 2.45) is 5.92 Å². The Bertz CT molecular complexity index is 777. The Balaban J connectivity index is 1.46. The summed E-state index contributed by atoms with van der Waals surface area (Å²) in [5.74, 6) is 1.01. The van der Waals surface area contributed by atoms with Crippen LogP contribution in [0.15, 0.2) is 54.6 Å². The van der Waals surface area contributed by atoms with E-state index < -0.39 is 5.97 Å². The zero-order valence-electron chi connectivity index (χ0n) is 15.8. The minimum absolute atomic E-state index is 0.0596. The van der Waals surface area contributed by atoms with Crippen molar-refractivity contribution in [3.8, 4) is 11.5 Å². The lowest BCUT2D eigenvalue weighted by Gasteiger charge is -2.32. The van der Waals surface area contributed by atoms with Crippen LogP contribution in [-0.4, -0.2) is 41.5 Å². The van der Waals surface area contributed by atoms with E-state index in [1.807, 2.05) is 54.6 Å². The number of nitrogens with one attached hydrogen (secondary N) is 1. The van der Waals surface area contributed by atoms with Crippen molar-refractivity contribution in [1.82, 2.24) is 4.90 Å². The minimum Gasteiger partial charge on any atom is -0.481 e. The first-order valence-electron chi connectivity index (χ1n) is 9.65. The van der Waals surface area contributed by atoms with Crippen LogP contribution >= 0.6 is 0 Å². The third-order valence-electron chi connectivity index (χ3n) is 4.85. The molecule has 2 aromatic carbocycles. The topological polar surface area (TPSA) is 78.9 Å². The average Bonchev–Trinajstić information content (AvgIpc) is 2.69. The van der Waals surface area contributed by atoms with Gasteiger partial charge in [0.15, 0.2) is 0 Å². The molecule has 3 rings (SSSR count). The molecule has 0 saturated carbocycles. The number of amides is 1. The molecule has 1 atom stereocenters. The predicted octanol–water partition coefficient (Wildman–Crippen LogP) is 3.99. The molecule has 1 amide bonds. The highest BCUT2D eigenvalue weighted by Crippen LogP contribution is 2.23. The Hall–Kier alpha value is -2.86. The van der Waals surface area contributed by atoms with Gasteiger partial charge in [-0.1, -0.05) is 18.2 Å². The number of likely N-dealkylation sites (tertiary alicyclic amines) is 1. The number of hydrogen-bond donors (Lipinski definition) is 2. The molecule has 1 saturated heterocycles. The van der Waals surface area contributed by atoms with Gasteiger partial charge in [-0.2, -0.15) is 0 Å². The van der Waals surface area contributed by atoms with Crippen LogP contribution < -0.4 is 10.1 Å². The van der Waals surface area contributed by atoms with E-state index in [0.29, 0.717) is 24.6 Å². The molecule has 1 unspecified atom stereocenters. The van der Waals surface area contributed by atoms with E-state index in [4.69, 9.17) is 9.84 Å². The predicted molar refractivity (Wildman–Crippen MR) is 108 cm³/mol. The number of ether oxygens (including phenoxy) is 1. The molecular weight excluding hydrogens is 356 g/mol. The summed E-state index contributed by atoms with van der Waals surface area (Å²) in [5.41, 5.74) is 0.727. The fraction of sp³-hybridized carbons (Fsp3) is 0.364. The van der Waals surface area contributed by atoms with Crippen LogP contribution in [0.1, 0.15) is 25.7 Å². The maximum absolute atomic E-state index is 12.4. The number of rotatable bonds is 8. The van der Waals surface area contributed by atoms with Crippen molar-refractivity contribution in [3.63, 3.8) is 0 Å². The van der Waals surface area contributed by atoms with Crippen molar-refractivity contribution in [3.05, 3.63) is 54.6 Å². The first-order chi connectivity index (χ1) is 13.6. The van der Waals surface area contributed by atoms with E-state index in [-0.39, 0.29) is 12.3 Å². The summed E-state index contributed by atoms with van der Waals surface area (Å²) in [7, 11) is 0. The van der Waals surface area contributed by atoms with Gasteiger partial charge in [0, 0.05) is 18.7 Å². The van der Waals surface area contributed by atoms with Gasteiger partial charge in [0.2, 0.25) is 5.91 Å². The Kier molecular flexibility index (Phi) is 7.03. The number of para-hydroxylation sites is 1. The van der Waals surface area contributed by atoms with Crippen molar-refractivity contribution in [2.75, 3.05) is 25.0 Å². The molecular formula is C22H26N2O4. The maximum Gasteiger partial charge on any atom is 0.303 e. The molecule has 1 heterocycles. The summed E-state index contributed by atoms with van der Waals surface area (Å²) in [4.78, 5) is 25.2. The van der Waals surface area contributed by atoms with E-state index in [9.17, 15) is 9.59 Å². The average molecular weight is 382 g/mol. The molecule has 28 heavy (non-hydrogen) atoms. The first-order valence-corrected chi connectivity index (χ1v) is 9.65. The summed E-state index contributed by atoms with van der Waals surface area (Å²) in [6, 6.07) is 16.8. The highest BCUT2D eigenvalue weighted by atomic mass is 16.5. The fourth-order valence-corrected chi connectivity index (χ4v) is 3.49. The normalized spacial score (nSPS) is 17.1. The van der Waals surface area contributed by atoms with E-state index >= 15 is 0 Å². The van der Waals surface area contributed by atoms with Gasteiger partial charge in [-0.05, 0) is 68.1 Å². The van der Waals surface area contributed by atoms with Gasteiger partial charge in [-0.25, -0.2) is 0 Å². The number of piperidine rings is 1. The van der Waals surface area contributed by atoms with E-state index in [0.717, 1.165) is 37.4 Å². The molecule has 2 aromatic rings. The van der Waals surface area contributed by atoms with Crippen molar-refractivity contribution in [2.45, 2.75) is 25.7 Å². The van der Waals surface area contributed by atoms with Crippen LogP contribution in [0.5, 0.6) is 11.5 Å². The molecule has 1 aliphatic rings. The molecule has 0 radical (unpaired) electrons. The van der Waals surface area contributed by atoms with Crippen molar-refractivity contribution in [1.29, 1.82) is 0 Å². The highest BCUT2D eigenvalue weighted by molar-refractivity contribution is 5.92. The maximum atomic E-state index is 12.4. The van der Waals surface area contributed by atoms with Gasteiger partial charge in [-0.15, -0.1) is 0 Å². The van der Waals surface area contributed by atoms with E-state index in [1.165, 1.54) is 0 Å². The second kappa shape index (κ2) is 9.90. The van der Waals surface area contributed by atoms with Crippen LogP contribution in [0.25, 0.3) is 0 Å². The number of carboxylic acid groups (broad SMARTS) is 1. The Morgan fingerprint density at radius 3 is 2.50 bits per heavy atom. The molecule has 1 aliphatic heterocycles. The number of hydrogen-bond acceptors (Lipinski definition) is 4. The number of carboxylic acids is 1. The summed E-state index contributed by atoms with van der Waals surface area (Å²) < 4.78 is 5.75. The van der Waals surface area contributed by atoms with Gasteiger partial charge in [-0.3, -0.25) is 14.5 Å². The third-order valence-corrected chi connectivity index (χ3v) is 4.85. The second-order valence-electron chi connectivity index (χ2n) is 7.16. The van der Waals surface area contributed by atoms with Gasteiger partial charge in [0.25, 0.3) is 0 Å². The summed E-state index contributed by atoms with van der Waals surface area (Å²) in [6.45, 7) is 1.98. The zero-order chi connectivity index (χ0) is 19.8. The third kappa shape index (κ3) is 6.39. The molecule has 6 heteroatoms. The number of carbonyl (C=O) groups is 2. The largest absolute Gasteiger partial charge is 0.481 e. The van der Waals surface area contributed by atoms with Gasteiger partial charge >= 0.3 is 5.97 Å². The molecule has 0 spiro atoms. The molecule has 2 N–H and O–H groups in total. The zero-order valence-corrected chi connectivity index (χ0v) is 15.8.